The Morgan fingerprint density at radius 2 is 1.61 bits per heavy atom. The summed E-state index contributed by atoms with van der Waals surface area (Å²) in [5.74, 6) is -0.335. The summed E-state index contributed by atoms with van der Waals surface area (Å²) in [6.07, 6.45) is 0.347. The fourth-order valence-corrected chi connectivity index (χ4v) is 1.25. The first kappa shape index (κ1) is 16.9. The van der Waals surface area contributed by atoms with Gasteiger partial charge in [0.25, 0.3) is 0 Å². The largest absolute Gasteiger partial charge is 0.459 e. The van der Waals surface area contributed by atoms with Crippen LogP contribution in [0, 0.1) is 0 Å². The lowest BCUT2D eigenvalue weighted by atomic mass is 10.1. The number of ether oxygens (including phenoxy) is 1. The van der Waals surface area contributed by atoms with Gasteiger partial charge in [-0.1, -0.05) is 0 Å². The Morgan fingerprint density at radius 3 is 2.06 bits per heavy atom. The smallest absolute Gasteiger partial charge is 0.320 e. The van der Waals surface area contributed by atoms with Crippen molar-refractivity contribution in [2.45, 2.75) is 59.1 Å². The number of carbonyl (C=O) groups excluding carboxylic acids is 2. The molecule has 0 aliphatic heterocycles. The van der Waals surface area contributed by atoms with Gasteiger partial charge in [0.2, 0.25) is 5.91 Å². The maximum atomic E-state index is 11.5. The van der Waals surface area contributed by atoms with Crippen LogP contribution in [0.2, 0.25) is 0 Å². The zero-order valence-corrected chi connectivity index (χ0v) is 12.3. The zero-order chi connectivity index (χ0) is 14.4. The third-order valence-electron chi connectivity index (χ3n) is 1.73. The summed E-state index contributed by atoms with van der Waals surface area (Å²) >= 11 is 0. The average molecular weight is 258 g/mol. The summed E-state index contributed by atoms with van der Waals surface area (Å²) in [5, 5.41) is 5.74. The van der Waals surface area contributed by atoms with Crippen LogP contribution in [-0.2, 0) is 14.3 Å². The number of amides is 1. The van der Waals surface area contributed by atoms with Gasteiger partial charge < -0.3 is 15.4 Å². The van der Waals surface area contributed by atoms with Gasteiger partial charge >= 0.3 is 5.97 Å². The maximum Gasteiger partial charge on any atom is 0.320 e. The van der Waals surface area contributed by atoms with E-state index < -0.39 is 5.60 Å². The molecule has 0 saturated heterocycles. The minimum Gasteiger partial charge on any atom is -0.459 e. The van der Waals surface area contributed by atoms with E-state index in [0.29, 0.717) is 13.0 Å². The topological polar surface area (TPSA) is 67.4 Å². The van der Waals surface area contributed by atoms with Crippen LogP contribution in [0.15, 0.2) is 0 Å². The maximum absolute atomic E-state index is 11.5. The molecule has 0 aromatic heterocycles. The molecule has 0 saturated carbocycles. The molecule has 2 N–H and O–H groups in total. The lowest BCUT2D eigenvalue weighted by Gasteiger charge is -2.21. The van der Waals surface area contributed by atoms with Gasteiger partial charge in [-0.3, -0.25) is 9.59 Å². The molecule has 0 aliphatic carbocycles. The first-order valence-corrected chi connectivity index (χ1v) is 6.23. The summed E-state index contributed by atoms with van der Waals surface area (Å²) < 4.78 is 5.12. The van der Waals surface area contributed by atoms with Crippen LogP contribution in [0.1, 0.15) is 48.0 Å². The zero-order valence-electron chi connectivity index (χ0n) is 12.3. The van der Waals surface area contributed by atoms with E-state index in [1.807, 2.05) is 41.5 Å². The highest BCUT2D eigenvalue weighted by atomic mass is 16.6. The average Bonchev–Trinajstić information content (AvgIpc) is 2.06. The highest BCUT2D eigenvalue weighted by Gasteiger charge is 2.16. The second kappa shape index (κ2) is 6.73. The Bertz CT molecular complexity index is 258. The molecule has 0 radical (unpaired) electrons. The predicted octanol–water partition coefficient (Wildman–Crippen LogP) is 1.22. The van der Waals surface area contributed by atoms with Crippen LogP contribution in [0.5, 0.6) is 0 Å². The SMILES string of the molecule is CC(C)(C)NC(=O)CCNCC(=O)OC(C)(C)C. The van der Waals surface area contributed by atoms with E-state index in [0.717, 1.165) is 0 Å². The molecule has 0 fully saturated rings. The molecule has 1 amide bonds. The third-order valence-corrected chi connectivity index (χ3v) is 1.73. The van der Waals surface area contributed by atoms with Gasteiger partial charge in [-0.05, 0) is 41.5 Å². The first-order chi connectivity index (χ1) is 7.99. The van der Waals surface area contributed by atoms with E-state index in [1.54, 1.807) is 0 Å². The molecular formula is C13H26N2O3. The molecule has 0 unspecified atom stereocenters. The second-order valence-corrected chi connectivity index (χ2v) is 6.31. The molecule has 0 aromatic rings. The standard InChI is InChI=1S/C13H26N2O3/c1-12(2,3)15-10(16)7-8-14-9-11(17)18-13(4,5)6/h14H,7-9H2,1-6H3,(H,15,16). The minimum absolute atomic E-state index is 0.0285. The number of esters is 1. The molecular weight excluding hydrogens is 232 g/mol. The number of hydrogen-bond donors (Lipinski definition) is 2. The van der Waals surface area contributed by atoms with Gasteiger partial charge in [0.15, 0.2) is 0 Å². The van der Waals surface area contributed by atoms with Gasteiger partial charge in [0, 0.05) is 18.5 Å². The van der Waals surface area contributed by atoms with Crippen molar-refractivity contribution < 1.29 is 14.3 Å². The number of carbonyl (C=O) groups is 2. The van der Waals surface area contributed by atoms with Gasteiger partial charge in [0.05, 0.1) is 6.54 Å². The fraction of sp³-hybridized carbons (Fsp3) is 0.846. The van der Waals surface area contributed by atoms with Crippen molar-refractivity contribution in [3.05, 3.63) is 0 Å². The van der Waals surface area contributed by atoms with Crippen molar-refractivity contribution in [2.75, 3.05) is 13.1 Å². The molecule has 106 valence electrons. The van der Waals surface area contributed by atoms with Crippen molar-refractivity contribution in [3.8, 4) is 0 Å². The molecule has 0 heterocycles. The van der Waals surface area contributed by atoms with E-state index in [2.05, 4.69) is 10.6 Å². The van der Waals surface area contributed by atoms with Crippen molar-refractivity contribution in [1.82, 2.24) is 10.6 Å². The van der Waals surface area contributed by atoms with Crippen molar-refractivity contribution >= 4 is 11.9 Å². The highest BCUT2D eigenvalue weighted by Crippen LogP contribution is 2.06. The van der Waals surface area contributed by atoms with E-state index >= 15 is 0 Å². The van der Waals surface area contributed by atoms with Gasteiger partial charge in [-0.15, -0.1) is 0 Å². The van der Waals surface area contributed by atoms with Crippen molar-refractivity contribution in [2.24, 2.45) is 0 Å². The van der Waals surface area contributed by atoms with Gasteiger partial charge in [-0.2, -0.15) is 0 Å². The predicted molar refractivity (Wildman–Crippen MR) is 71.2 cm³/mol. The number of nitrogens with one attached hydrogen (secondary N) is 2. The Kier molecular flexibility index (Phi) is 6.32. The monoisotopic (exact) mass is 258 g/mol. The van der Waals surface area contributed by atoms with Crippen LogP contribution in [0.4, 0.5) is 0 Å². The molecule has 0 rings (SSSR count). The number of rotatable bonds is 5. The lowest BCUT2D eigenvalue weighted by Crippen LogP contribution is -2.42. The van der Waals surface area contributed by atoms with Crippen LogP contribution in [-0.4, -0.2) is 36.1 Å². The fourth-order valence-electron chi connectivity index (χ4n) is 1.25. The summed E-state index contributed by atoms with van der Waals surface area (Å²) in [4.78, 5) is 22.8. The van der Waals surface area contributed by atoms with Crippen molar-refractivity contribution in [3.63, 3.8) is 0 Å². The Labute approximate surface area is 110 Å². The van der Waals surface area contributed by atoms with E-state index in [-0.39, 0.29) is 24.0 Å². The quantitative estimate of drug-likeness (QED) is 0.575. The summed E-state index contributed by atoms with van der Waals surface area (Å²) in [6.45, 7) is 11.8. The van der Waals surface area contributed by atoms with Crippen molar-refractivity contribution in [1.29, 1.82) is 0 Å². The molecule has 5 heteroatoms. The van der Waals surface area contributed by atoms with E-state index in [1.165, 1.54) is 0 Å². The lowest BCUT2D eigenvalue weighted by molar-refractivity contribution is -0.153. The molecule has 0 bridgehead atoms. The van der Waals surface area contributed by atoms with E-state index in [4.69, 9.17) is 4.74 Å². The van der Waals surface area contributed by atoms with Crippen LogP contribution in [0.25, 0.3) is 0 Å². The summed E-state index contributed by atoms with van der Waals surface area (Å²) in [5.41, 5.74) is -0.690. The van der Waals surface area contributed by atoms with Crippen LogP contribution < -0.4 is 10.6 Å². The summed E-state index contributed by atoms with van der Waals surface area (Å²) in [7, 11) is 0. The normalized spacial score (nSPS) is 12.1. The van der Waals surface area contributed by atoms with Gasteiger partial charge in [-0.25, -0.2) is 0 Å². The van der Waals surface area contributed by atoms with E-state index in [9.17, 15) is 9.59 Å². The van der Waals surface area contributed by atoms with Crippen LogP contribution >= 0.6 is 0 Å². The Balaban J connectivity index is 3.69. The minimum atomic E-state index is -0.470. The molecule has 0 atom stereocenters. The summed E-state index contributed by atoms with van der Waals surface area (Å²) in [6, 6.07) is 0. The third kappa shape index (κ3) is 11.4. The Hall–Kier alpha value is -1.10. The van der Waals surface area contributed by atoms with Gasteiger partial charge in [0.1, 0.15) is 5.60 Å². The second-order valence-electron chi connectivity index (χ2n) is 6.31. The molecule has 0 aliphatic rings. The van der Waals surface area contributed by atoms with Crippen LogP contribution in [0.3, 0.4) is 0 Å². The first-order valence-electron chi connectivity index (χ1n) is 6.23. The number of hydrogen-bond acceptors (Lipinski definition) is 4. The molecule has 0 spiro atoms. The highest BCUT2D eigenvalue weighted by molar-refractivity contribution is 5.77. The molecule has 0 aromatic carbocycles. The Morgan fingerprint density at radius 1 is 1.06 bits per heavy atom. The molecule has 5 nitrogen and oxygen atoms in total. The molecule has 18 heavy (non-hydrogen) atoms.